The Labute approximate surface area is 145 Å². The van der Waals surface area contributed by atoms with Crippen LogP contribution in [0.4, 0.5) is 11.9 Å². The maximum atomic E-state index is 5.35. The SMILES string of the molecule is COc1ccc(/C=N/Nc2nc(OC)nc(N3CCOCC3)n2)cc1. The Bertz CT molecular complexity index is 716. The molecule has 1 aromatic heterocycles. The standard InChI is InChI=1S/C16H20N6O3/c1-23-13-5-3-12(4-6-13)11-17-21-14-18-15(20-16(19-14)24-2)22-7-9-25-10-8-22/h3-6,11H,7-10H2,1-2H3,(H,18,19,20,21)/b17-11+. The summed E-state index contributed by atoms with van der Waals surface area (Å²) in [6.07, 6.45) is 1.67. The lowest BCUT2D eigenvalue weighted by Crippen LogP contribution is -2.37. The molecule has 2 heterocycles. The third-order valence-electron chi connectivity index (χ3n) is 3.57. The molecule has 9 heteroatoms. The second-order valence-electron chi connectivity index (χ2n) is 5.19. The van der Waals surface area contributed by atoms with Gasteiger partial charge in [0.1, 0.15) is 5.75 Å². The number of hydrazone groups is 1. The molecule has 0 aliphatic carbocycles. The van der Waals surface area contributed by atoms with Gasteiger partial charge < -0.3 is 19.1 Å². The molecule has 0 unspecified atom stereocenters. The van der Waals surface area contributed by atoms with E-state index in [9.17, 15) is 0 Å². The molecule has 0 radical (unpaired) electrons. The largest absolute Gasteiger partial charge is 0.497 e. The number of anilines is 2. The number of methoxy groups -OCH3 is 2. The van der Waals surface area contributed by atoms with Gasteiger partial charge in [0.15, 0.2) is 0 Å². The first-order chi connectivity index (χ1) is 12.3. The van der Waals surface area contributed by atoms with E-state index in [-0.39, 0.29) is 6.01 Å². The van der Waals surface area contributed by atoms with Crippen molar-refractivity contribution < 1.29 is 14.2 Å². The smallest absolute Gasteiger partial charge is 0.322 e. The van der Waals surface area contributed by atoms with Crippen LogP contribution >= 0.6 is 0 Å². The summed E-state index contributed by atoms with van der Waals surface area (Å²) in [5, 5.41) is 4.16. The second-order valence-corrected chi connectivity index (χ2v) is 5.19. The predicted molar refractivity (Wildman–Crippen MR) is 93.6 cm³/mol. The van der Waals surface area contributed by atoms with E-state index in [1.54, 1.807) is 13.3 Å². The molecule has 0 spiro atoms. The van der Waals surface area contributed by atoms with E-state index < -0.39 is 0 Å². The van der Waals surface area contributed by atoms with Crippen LogP contribution in [0.25, 0.3) is 0 Å². The molecular weight excluding hydrogens is 324 g/mol. The highest BCUT2D eigenvalue weighted by molar-refractivity contribution is 5.80. The van der Waals surface area contributed by atoms with Crippen LogP contribution in [0.1, 0.15) is 5.56 Å². The van der Waals surface area contributed by atoms with Crippen molar-refractivity contribution in [2.75, 3.05) is 50.8 Å². The minimum absolute atomic E-state index is 0.235. The van der Waals surface area contributed by atoms with Gasteiger partial charge in [0.05, 0.1) is 33.6 Å². The third kappa shape index (κ3) is 4.54. The molecule has 1 aliphatic rings. The maximum absolute atomic E-state index is 5.35. The molecule has 0 saturated carbocycles. The molecule has 1 aromatic carbocycles. The Kier molecular flexibility index (Phi) is 5.57. The van der Waals surface area contributed by atoms with Crippen molar-refractivity contribution in [3.63, 3.8) is 0 Å². The first-order valence-electron chi connectivity index (χ1n) is 7.84. The summed E-state index contributed by atoms with van der Waals surface area (Å²) in [6, 6.07) is 7.76. The number of hydrogen-bond donors (Lipinski definition) is 1. The van der Waals surface area contributed by atoms with E-state index >= 15 is 0 Å². The number of rotatable bonds is 6. The fraction of sp³-hybridized carbons (Fsp3) is 0.375. The van der Waals surface area contributed by atoms with Gasteiger partial charge in [0.25, 0.3) is 5.95 Å². The number of aromatic nitrogens is 3. The number of nitrogens with one attached hydrogen (secondary N) is 1. The summed E-state index contributed by atoms with van der Waals surface area (Å²) in [5.41, 5.74) is 3.73. The van der Waals surface area contributed by atoms with Crippen molar-refractivity contribution in [3.8, 4) is 11.8 Å². The number of nitrogens with zero attached hydrogens (tertiary/aromatic N) is 5. The van der Waals surface area contributed by atoms with E-state index in [0.717, 1.165) is 24.4 Å². The predicted octanol–water partition coefficient (Wildman–Crippen LogP) is 1.17. The van der Waals surface area contributed by atoms with Crippen LogP contribution < -0.4 is 19.8 Å². The van der Waals surface area contributed by atoms with E-state index in [1.807, 2.05) is 29.2 Å². The summed E-state index contributed by atoms with van der Waals surface area (Å²) < 4.78 is 15.6. The molecule has 2 aromatic rings. The summed E-state index contributed by atoms with van der Waals surface area (Å²) in [4.78, 5) is 14.8. The third-order valence-corrected chi connectivity index (χ3v) is 3.57. The topological polar surface area (TPSA) is 94.0 Å². The van der Waals surface area contributed by atoms with Crippen LogP contribution in [0.3, 0.4) is 0 Å². The van der Waals surface area contributed by atoms with Gasteiger partial charge in [-0.3, -0.25) is 0 Å². The van der Waals surface area contributed by atoms with Crippen molar-refractivity contribution in [3.05, 3.63) is 29.8 Å². The zero-order chi connectivity index (χ0) is 17.5. The molecule has 1 aliphatic heterocycles. The quantitative estimate of drug-likeness (QED) is 0.616. The lowest BCUT2D eigenvalue weighted by atomic mass is 10.2. The van der Waals surface area contributed by atoms with Gasteiger partial charge in [-0.15, -0.1) is 0 Å². The van der Waals surface area contributed by atoms with Gasteiger partial charge in [-0.05, 0) is 29.8 Å². The van der Waals surface area contributed by atoms with E-state index in [2.05, 4.69) is 25.5 Å². The average molecular weight is 344 g/mol. The van der Waals surface area contributed by atoms with E-state index in [0.29, 0.717) is 25.1 Å². The van der Waals surface area contributed by atoms with E-state index in [4.69, 9.17) is 14.2 Å². The van der Waals surface area contributed by atoms with E-state index in [1.165, 1.54) is 7.11 Å². The molecule has 1 fully saturated rings. The first-order valence-corrected chi connectivity index (χ1v) is 7.84. The fourth-order valence-corrected chi connectivity index (χ4v) is 2.25. The zero-order valence-electron chi connectivity index (χ0n) is 14.2. The number of benzene rings is 1. The summed E-state index contributed by atoms with van der Waals surface area (Å²) in [5.74, 6) is 1.65. The highest BCUT2D eigenvalue weighted by atomic mass is 16.5. The minimum Gasteiger partial charge on any atom is -0.497 e. The van der Waals surface area contributed by atoms with Crippen LogP contribution in [0, 0.1) is 0 Å². The lowest BCUT2D eigenvalue weighted by Gasteiger charge is -2.26. The Balaban J connectivity index is 1.71. The molecule has 132 valence electrons. The van der Waals surface area contributed by atoms with Gasteiger partial charge in [-0.1, -0.05) is 0 Å². The van der Waals surface area contributed by atoms with Crippen molar-refractivity contribution in [2.45, 2.75) is 0 Å². The van der Waals surface area contributed by atoms with Crippen molar-refractivity contribution in [1.82, 2.24) is 15.0 Å². The Morgan fingerprint density at radius 2 is 1.84 bits per heavy atom. The Morgan fingerprint density at radius 1 is 1.08 bits per heavy atom. The monoisotopic (exact) mass is 344 g/mol. The molecule has 3 rings (SSSR count). The summed E-state index contributed by atoms with van der Waals surface area (Å²) in [7, 11) is 3.15. The Morgan fingerprint density at radius 3 is 2.52 bits per heavy atom. The average Bonchev–Trinajstić information content (AvgIpc) is 2.69. The minimum atomic E-state index is 0.235. The lowest BCUT2D eigenvalue weighted by molar-refractivity contribution is 0.122. The Hall–Kier alpha value is -2.94. The highest BCUT2D eigenvalue weighted by Gasteiger charge is 2.16. The molecular formula is C16H20N6O3. The molecule has 0 atom stereocenters. The van der Waals surface area contributed by atoms with Crippen molar-refractivity contribution >= 4 is 18.1 Å². The number of morpholine rings is 1. The van der Waals surface area contributed by atoms with Gasteiger partial charge in [-0.2, -0.15) is 20.1 Å². The van der Waals surface area contributed by atoms with Gasteiger partial charge >= 0.3 is 6.01 Å². The van der Waals surface area contributed by atoms with Crippen molar-refractivity contribution in [1.29, 1.82) is 0 Å². The van der Waals surface area contributed by atoms with Crippen LogP contribution in [-0.4, -0.2) is 61.7 Å². The van der Waals surface area contributed by atoms with Gasteiger partial charge in [0, 0.05) is 13.1 Å². The van der Waals surface area contributed by atoms with Crippen molar-refractivity contribution in [2.24, 2.45) is 5.10 Å². The van der Waals surface area contributed by atoms with Gasteiger partial charge in [-0.25, -0.2) is 5.43 Å². The molecule has 25 heavy (non-hydrogen) atoms. The molecule has 1 saturated heterocycles. The fourth-order valence-electron chi connectivity index (χ4n) is 2.25. The summed E-state index contributed by atoms with van der Waals surface area (Å²) in [6.45, 7) is 2.74. The van der Waals surface area contributed by atoms with Crippen LogP contribution in [0.2, 0.25) is 0 Å². The maximum Gasteiger partial charge on any atom is 0.322 e. The highest BCUT2D eigenvalue weighted by Crippen LogP contribution is 2.16. The molecule has 9 nitrogen and oxygen atoms in total. The second kappa shape index (κ2) is 8.25. The number of hydrogen-bond acceptors (Lipinski definition) is 9. The van der Waals surface area contributed by atoms with Crippen LogP contribution in [-0.2, 0) is 4.74 Å². The normalized spacial score (nSPS) is 14.6. The molecule has 0 bridgehead atoms. The first kappa shape index (κ1) is 16.9. The van der Waals surface area contributed by atoms with Crippen LogP contribution in [0.15, 0.2) is 29.4 Å². The van der Waals surface area contributed by atoms with Crippen LogP contribution in [0.5, 0.6) is 11.8 Å². The zero-order valence-corrected chi connectivity index (χ0v) is 14.2. The molecule has 0 amide bonds. The summed E-state index contributed by atoms with van der Waals surface area (Å²) >= 11 is 0. The molecule has 1 N–H and O–H groups in total. The van der Waals surface area contributed by atoms with Gasteiger partial charge in [0.2, 0.25) is 5.95 Å². The number of ether oxygens (including phenoxy) is 3.